The molecule has 2 atom stereocenters. The third kappa shape index (κ3) is 4.40. The van der Waals surface area contributed by atoms with Gasteiger partial charge in [0.15, 0.2) is 18.2 Å². The van der Waals surface area contributed by atoms with Gasteiger partial charge >= 0.3 is 0 Å². The molecule has 4 nitrogen and oxygen atoms in total. The van der Waals surface area contributed by atoms with Gasteiger partial charge in [-0.25, -0.2) is 8.78 Å². The molecule has 6 heteroatoms. The van der Waals surface area contributed by atoms with E-state index in [1.165, 1.54) is 6.07 Å². The highest BCUT2D eigenvalue weighted by Crippen LogP contribution is 2.35. The summed E-state index contributed by atoms with van der Waals surface area (Å²) < 4.78 is 30.9. The van der Waals surface area contributed by atoms with E-state index in [1.807, 2.05) is 0 Å². The Balaban J connectivity index is 1.85. The highest BCUT2D eigenvalue weighted by atomic mass is 19.2. The standard InChI is InChI=1S/C16H21F2NO3/c1-16(2)6-5-14(20)13(8-16)19-15(21)9-22-10-3-4-11(17)12(18)7-10/h3-4,7,13-14,20H,5-6,8-9H2,1-2H3,(H,19,21)/t13-,14-/m1/s1. The van der Waals surface area contributed by atoms with Crippen LogP contribution in [0.3, 0.4) is 0 Å². The molecular weight excluding hydrogens is 292 g/mol. The summed E-state index contributed by atoms with van der Waals surface area (Å²) in [5, 5.41) is 12.7. The molecule has 0 unspecified atom stereocenters. The molecular formula is C16H21F2NO3. The van der Waals surface area contributed by atoms with Gasteiger partial charge in [-0.05, 0) is 36.8 Å². The van der Waals surface area contributed by atoms with E-state index < -0.39 is 23.6 Å². The molecule has 2 rings (SSSR count). The number of carbonyl (C=O) groups excluding carboxylic acids is 1. The van der Waals surface area contributed by atoms with Crippen molar-refractivity contribution in [3.63, 3.8) is 0 Å². The van der Waals surface area contributed by atoms with Crippen LogP contribution in [-0.4, -0.2) is 29.8 Å². The fourth-order valence-corrected chi connectivity index (χ4v) is 2.68. The minimum absolute atomic E-state index is 0.0676. The topological polar surface area (TPSA) is 58.6 Å². The number of halogens is 2. The number of carbonyl (C=O) groups is 1. The van der Waals surface area contributed by atoms with Crippen LogP contribution in [0.5, 0.6) is 5.75 Å². The third-order valence-electron chi connectivity index (χ3n) is 3.96. The first-order chi connectivity index (χ1) is 10.3. The van der Waals surface area contributed by atoms with Gasteiger partial charge in [0.1, 0.15) is 5.75 Å². The number of hydrogen-bond donors (Lipinski definition) is 2. The van der Waals surface area contributed by atoms with Crippen LogP contribution in [0.25, 0.3) is 0 Å². The van der Waals surface area contributed by atoms with Crippen LogP contribution in [0.15, 0.2) is 18.2 Å². The van der Waals surface area contributed by atoms with Crippen LogP contribution >= 0.6 is 0 Å². The summed E-state index contributed by atoms with van der Waals surface area (Å²) in [6, 6.07) is 2.77. The number of rotatable bonds is 4. The van der Waals surface area contributed by atoms with E-state index in [0.29, 0.717) is 12.8 Å². The van der Waals surface area contributed by atoms with Crippen LogP contribution in [0, 0.1) is 17.0 Å². The molecule has 2 N–H and O–H groups in total. The van der Waals surface area contributed by atoms with Gasteiger partial charge in [0.05, 0.1) is 12.1 Å². The van der Waals surface area contributed by atoms with Gasteiger partial charge in [-0.3, -0.25) is 4.79 Å². The zero-order valence-electron chi connectivity index (χ0n) is 12.7. The number of amides is 1. The summed E-state index contributed by atoms with van der Waals surface area (Å²) in [5.41, 5.74) is 0.0676. The summed E-state index contributed by atoms with van der Waals surface area (Å²) in [6.45, 7) is 3.88. The molecule has 22 heavy (non-hydrogen) atoms. The predicted molar refractivity (Wildman–Crippen MR) is 77.4 cm³/mol. The summed E-state index contributed by atoms with van der Waals surface area (Å²) in [5.74, 6) is -2.31. The largest absolute Gasteiger partial charge is 0.484 e. The molecule has 0 aliphatic heterocycles. The molecule has 1 aliphatic rings. The molecule has 1 fully saturated rings. The van der Waals surface area contributed by atoms with E-state index in [9.17, 15) is 18.7 Å². The van der Waals surface area contributed by atoms with Gasteiger partial charge in [0, 0.05) is 6.07 Å². The Kier molecular flexibility index (Phi) is 5.01. The van der Waals surface area contributed by atoms with Crippen molar-refractivity contribution in [2.75, 3.05) is 6.61 Å². The van der Waals surface area contributed by atoms with Gasteiger partial charge in [-0.1, -0.05) is 13.8 Å². The van der Waals surface area contributed by atoms with E-state index in [4.69, 9.17) is 4.74 Å². The minimum atomic E-state index is -1.03. The molecule has 1 aromatic rings. The predicted octanol–water partition coefficient (Wildman–Crippen LogP) is 2.40. The van der Waals surface area contributed by atoms with E-state index in [1.54, 1.807) is 0 Å². The van der Waals surface area contributed by atoms with Crippen LogP contribution in [0.4, 0.5) is 8.78 Å². The van der Waals surface area contributed by atoms with Crippen molar-refractivity contribution in [1.82, 2.24) is 5.32 Å². The maximum Gasteiger partial charge on any atom is 0.258 e. The minimum Gasteiger partial charge on any atom is -0.484 e. The average molecular weight is 313 g/mol. The number of ether oxygens (including phenoxy) is 1. The maximum absolute atomic E-state index is 13.0. The number of benzene rings is 1. The smallest absolute Gasteiger partial charge is 0.258 e. The van der Waals surface area contributed by atoms with Gasteiger partial charge in [0.25, 0.3) is 5.91 Å². The molecule has 0 bridgehead atoms. The highest BCUT2D eigenvalue weighted by Gasteiger charge is 2.34. The quantitative estimate of drug-likeness (QED) is 0.897. The zero-order valence-corrected chi connectivity index (χ0v) is 12.7. The van der Waals surface area contributed by atoms with E-state index in [2.05, 4.69) is 19.2 Å². The van der Waals surface area contributed by atoms with Gasteiger partial charge in [-0.2, -0.15) is 0 Å². The lowest BCUT2D eigenvalue weighted by atomic mass is 9.74. The Morgan fingerprint density at radius 1 is 1.41 bits per heavy atom. The lowest BCUT2D eigenvalue weighted by Gasteiger charge is -2.38. The molecule has 122 valence electrons. The number of nitrogens with one attached hydrogen (secondary N) is 1. The van der Waals surface area contributed by atoms with Gasteiger partial charge in [-0.15, -0.1) is 0 Å². The summed E-state index contributed by atoms with van der Waals surface area (Å²) in [6.07, 6.45) is 1.67. The molecule has 0 spiro atoms. The lowest BCUT2D eigenvalue weighted by Crippen LogP contribution is -2.50. The van der Waals surface area contributed by atoms with Crippen LogP contribution in [-0.2, 0) is 4.79 Å². The molecule has 1 aliphatic carbocycles. The second-order valence-corrected chi connectivity index (χ2v) is 6.51. The third-order valence-corrected chi connectivity index (χ3v) is 3.96. The Labute approximate surface area is 128 Å². The Bertz CT molecular complexity index is 548. The highest BCUT2D eigenvalue weighted by molar-refractivity contribution is 5.77. The van der Waals surface area contributed by atoms with Crippen molar-refractivity contribution in [2.24, 2.45) is 5.41 Å². The Hall–Kier alpha value is -1.69. The molecule has 0 aromatic heterocycles. The lowest BCUT2D eigenvalue weighted by molar-refractivity contribution is -0.125. The number of hydrogen-bond acceptors (Lipinski definition) is 3. The van der Waals surface area contributed by atoms with Gasteiger partial charge < -0.3 is 15.2 Å². The fraction of sp³-hybridized carbons (Fsp3) is 0.562. The van der Waals surface area contributed by atoms with Crippen molar-refractivity contribution in [1.29, 1.82) is 0 Å². The van der Waals surface area contributed by atoms with Crippen molar-refractivity contribution in [3.05, 3.63) is 29.8 Å². The van der Waals surface area contributed by atoms with Crippen molar-refractivity contribution in [3.8, 4) is 5.75 Å². The molecule has 0 saturated heterocycles. The van der Waals surface area contributed by atoms with E-state index >= 15 is 0 Å². The first-order valence-electron chi connectivity index (χ1n) is 7.32. The molecule has 1 aromatic carbocycles. The molecule has 0 heterocycles. The summed E-state index contributed by atoms with van der Waals surface area (Å²) in [7, 11) is 0. The van der Waals surface area contributed by atoms with E-state index in [0.717, 1.165) is 18.6 Å². The molecule has 0 radical (unpaired) electrons. The number of aliphatic hydroxyl groups excluding tert-OH is 1. The van der Waals surface area contributed by atoms with Crippen LogP contribution in [0.2, 0.25) is 0 Å². The molecule has 1 saturated carbocycles. The van der Waals surface area contributed by atoms with Crippen molar-refractivity contribution < 1.29 is 23.4 Å². The van der Waals surface area contributed by atoms with Crippen LogP contribution in [0.1, 0.15) is 33.1 Å². The first kappa shape index (κ1) is 16.7. The first-order valence-corrected chi connectivity index (χ1v) is 7.32. The number of aliphatic hydroxyl groups is 1. The summed E-state index contributed by atoms with van der Waals surface area (Å²) in [4.78, 5) is 11.9. The zero-order chi connectivity index (χ0) is 16.3. The molecule has 1 amide bonds. The summed E-state index contributed by atoms with van der Waals surface area (Å²) >= 11 is 0. The Morgan fingerprint density at radius 2 is 2.14 bits per heavy atom. The SMILES string of the molecule is CC1(C)CC[C@@H](O)[C@H](NC(=O)COc2ccc(F)c(F)c2)C1. The van der Waals surface area contributed by atoms with E-state index in [-0.39, 0.29) is 23.8 Å². The fourth-order valence-electron chi connectivity index (χ4n) is 2.68. The van der Waals surface area contributed by atoms with Crippen molar-refractivity contribution in [2.45, 2.75) is 45.3 Å². The normalized spacial score (nSPS) is 23.9. The maximum atomic E-state index is 13.0. The Morgan fingerprint density at radius 3 is 2.82 bits per heavy atom. The van der Waals surface area contributed by atoms with Crippen LogP contribution < -0.4 is 10.1 Å². The average Bonchev–Trinajstić information content (AvgIpc) is 2.44. The monoisotopic (exact) mass is 313 g/mol. The van der Waals surface area contributed by atoms with Crippen molar-refractivity contribution >= 4 is 5.91 Å². The second kappa shape index (κ2) is 6.60. The van der Waals surface area contributed by atoms with Gasteiger partial charge in [0.2, 0.25) is 0 Å². The second-order valence-electron chi connectivity index (χ2n) is 6.51.